The van der Waals surface area contributed by atoms with Gasteiger partial charge in [-0.1, -0.05) is 29.3 Å². The average Bonchev–Trinajstić information content (AvgIpc) is 2.76. The molecule has 0 radical (unpaired) electrons. The highest BCUT2D eigenvalue weighted by Gasteiger charge is 2.23. The average molecular weight is 424 g/mol. The van der Waals surface area contributed by atoms with Crippen molar-refractivity contribution >= 4 is 62.8 Å². The fraction of sp³-hybridized carbons (Fsp3) is 0.286. The summed E-state index contributed by atoms with van der Waals surface area (Å²) in [4.78, 5) is 1.51. The van der Waals surface area contributed by atoms with Crippen LogP contribution in [-0.4, -0.2) is 0 Å². The number of fused-ring (bicyclic) bond motifs is 1. The Bertz CT molecular complexity index is 611. The molecule has 0 amide bonds. The van der Waals surface area contributed by atoms with Crippen molar-refractivity contribution in [3.63, 3.8) is 0 Å². The molecule has 0 saturated carbocycles. The van der Waals surface area contributed by atoms with E-state index in [0.717, 1.165) is 12.1 Å². The lowest BCUT2D eigenvalue weighted by Gasteiger charge is -2.25. The van der Waals surface area contributed by atoms with Gasteiger partial charge in [0, 0.05) is 4.88 Å². The topological polar surface area (TPSA) is 12.0 Å². The van der Waals surface area contributed by atoms with Gasteiger partial charge in [-0.2, -0.15) is 0 Å². The van der Waals surface area contributed by atoms with Gasteiger partial charge in [-0.05, 0) is 65.6 Å². The molecule has 19 heavy (non-hydrogen) atoms. The number of anilines is 1. The fourth-order valence-electron chi connectivity index (χ4n) is 2.47. The largest absolute Gasteiger partial charge is 0.377 e. The summed E-state index contributed by atoms with van der Waals surface area (Å²) in [5, 5.41) is 4.76. The van der Waals surface area contributed by atoms with Crippen LogP contribution in [0.5, 0.6) is 0 Å². The summed E-state index contributed by atoms with van der Waals surface area (Å²) in [6, 6.07) is 8.36. The van der Waals surface area contributed by atoms with Crippen molar-refractivity contribution in [2.45, 2.75) is 25.3 Å². The molecule has 1 atom stereocenters. The lowest BCUT2D eigenvalue weighted by Crippen LogP contribution is -2.15. The highest BCUT2D eigenvalue weighted by atomic mass is 127. The molecule has 1 unspecified atom stereocenters. The zero-order valence-corrected chi connectivity index (χ0v) is 14.5. The molecule has 1 nitrogen and oxygen atoms in total. The van der Waals surface area contributed by atoms with Gasteiger partial charge in [0.05, 0.1) is 24.7 Å². The van der Waals surface area contributed by atoms with Crippen molar-refractivity contribution in [2.75, 3.05) is 5.32 Å². The Hall–Kier alpha value is 0.0300. The third kappa shape index (κ3) is 2.89. The van der Waals surface area contributed by atoms with E-state index in [2.05, 4.69) is 34.0 Å². The Morgan fingerprint density at radius 3 is 3.00 bits per heavy atom. The summed E-state index contributed by atoms with van der Waals surface area (Å²) in [7, 11) is 0. The molecule has 0 fully saturated rings. The van der Waals surface area contributed by atoms with Crippen molar-refractivity contribution < 1.29 is 0 Å². The Morgan fingerprint density at radius 2 is 2.16 bits per heavy atom. The molecule has 0 spiro atoms. The van der Waals surface area contributed by atoms with E-state index < -0.39 is 0 Å². The van der Waals surface area contributed by atoms with Gasteiger partial charge in [0.15, 0.2) is 0 Å². The van der Waals surface area contributed by atoms with E-state index in [1.807, 2.05) is 29.5 Å². The van der Waals surface area contributed by atoms with Crippen LogP contribution in [0, 0.1) is 2.88 Å². The molecular weight excluding hydrogens is 412 g/mol. The normalized spacial score (nSPS) is 18.2. The Morgan fingerprint density at radius 1 is 1.32 bits per heavy atom. The van der Waals surface area contributed by atoms with E-state index in [4.69, 9.17) is 23.2 Å². The quantitative estimate of drug-likeness (QED) is 0.571. The molecule has 1 aliphatic rings. The Labute approximate surface area is 140 Å². The second-order valence-electron chi connectivity index (χ2n) is 4.62. The number of hydrogen-bond acceptors (Lipinski definition) is 2. The lowest BCUT2D eigenvalue weighted by atomic mass is 9.94. The summed E-state index contributed by atoms with van der Waals surface area (Å²) in [6.07, 6.45) is 3.56. The van der Waals surface area contributed by atoms with Crippen LogP contribution >= 0.6 is 57.1 Å². The molecule has 1 heterocycles. The maximum Gasteiger partial charge on any atom is 0.0823 e. The molecule has 3 rings (SSSR count). The van der Waals surface area contributed by atoms with Gasteiger partial charge in [-0.3, -0.25) is 0 Å². The van der Waals surface area contributed by atoms with Crippen LogP contribution in [0.4, 0.5) is 5.69 Å². The molecule has 0 bridgehead atoms. The highest BCUT2D eigenvalue weighted by molar-refractivity contribution is 14.1. The van der Waals surface area contributed by atoms with E-state index >= 15 is 0 Å². The monoisotopic (exact) mass is 423 g/mol. The minimum Gasteiger partial charge on any atom is -0.377 e. The second-order valence-corrected chi connectivity index (χ2v) is 8.44. The Kier molecular flexibility index (Phi) is 4.27. The standard InChI is InChI=1S/C14H12Cl2INS/c15-9-3-1-5-11(14(9)16)18-10-4-2-6-12-8(10)7-13(17)19-12/h1,3,5,7,10,18H,2,4,6H2. The van der Waals surface area contributed by atoms with Crippen LogP contribution in [0.2, 0.25) is 10.0 Å². The fourth-order valence-corrected chi connectivity index (χ4v) is 4.95. The summed E-state index contributed by atoms with van der Waals surface area (Å²) >= 11 is 16.6. The third-order valence-corrected chi connectivity index (χ3v) is 6.16. The van der Waals surface area contributed by atoms with E-state index in [-0.39, 0.29) is 0 Å². The number of nitrogens with one attached hydrogen (secondary N) is 1. The summed E-state index contributed by atoms with van der Waals surface area (Å²) in [6.45, 7) is 0. The van der Waals surface area contributed by atoms with Crippen molar-refractivity contribution in [2.24, 2.45) is 0 Å². The van der Waals surface area contributed by atoms with Gasteiger partial charge < -0.3 is 5.32 Å². The molecule has 1 aromatic heterocycles. The number of aryl methyl sites for hydroxylation is 1. The second kappa shape index (κ2) is 5.80. The maximum absolute atomic E-state index is 6.25. The minimum atomic E-state index is 0.347. The minimum absolute atomic E-state index is 0.347. The van der Waals surface area contributed by atoms with Crippen molar-refractivity contribution in [3.8, 4) is 0 Å². The van der Waals surface area contributed by atoms with Crippen LogP contribution in [-0.2, 0) is 6.42 Å². The predicted octanol–water partition coefficient (Wildman–Crippen LogP) is 6.15. The first-order chi connectivity index (χ1) is 9.15. The molecule has 5 heteroatoms. The first-order valence-corrected chi connectivity index (χ1v) is 8.79. The van der Waals surface area contributed by atoms with Gasteiger partial charge in [-0.25, -0.2) is 0 Å². The van der Waals surface area contributed by atoms with E-state index in [9.17, 15) is 0 Å². The van der Waals surface area contributed by atoms with Crippen molar-refractivity contribution in [3.05, 3.63) is 47.6 Å². The molecule has 1 aliphatic carbocycles. The number of hydrogen-bond donors (Lipinski definition) is 1. The van der Waals surface area contributed by atoms with Crippen LogP contribution in [0.3, 0.4) is 0 Å². The molecule has 100 valence electrons. The van der Waals surface area contributed by atoms with Crippen molar-refractivity contribution in [1.29, 1.82) is 0 Å². The van der Waals surface area contributed by atoms with Crippen LogP contribution in [0.15, 0.2) is 24.3 Å². The number of rotatable bonds is 2. The summed E-state index contributed by atoms with van der Waals surface area (Å²) in [5.74, 6) is 0. The van der Waals surface area contributed by atoms with Crippen LogP contribution in [0.25, 0.3) is 0 Å². The van der Waals surface area contributed by atoms with E-state index in [0.29, 0.717) is 16.1 Å². The maximum atomic E-state index is 6.25. The molecular formula is C14H12Cl2INS. The SMILES string of the molecule is Clc1cccc(NC2CCCc3sc(I)cc32)c1Cl. The van der Waals surface area contributed by atoms with Gasteiger partial charge in [0.1, 0.15) is 0 Å². The van der Waals surface area contributed by atoms with Gasteiger partial charge in [-0.15, -0.1) is 11.3 Å². The number of halogens is 3. The van der Waals surface area contributed by atoms with Gasteiger partial charge in [0.2, 0.25) is 0 Å². The number of benzene rings is 1. The lowest BCUT2D eigenvalue weighted by molar-refractivity contribution is 0.609. The van der Waals surface area contributed by atoms with E-state index in [1.54, 1.807) is 0 Å². The van der Waals surface area contributed by atoms with E-state index in [1.165, 1.54) is 26.2 Å². The molecule has 1 aromatic carbocycles. The smallest absolute Gasteiger partial charge is 0.0823 e. The zero-order valence-electron chi connectivity index (χ0n) is 10.1. The first kappa shape index (κ1) is 14.0. The van der Waals surface area contributed by atoms with Crippen LogP contribution in [0.1, 0.15) is 29.3 Å². The molecule has 2 aromatic rings. The van der Waals surface area contributed by atoms with Crippen LogP contribution < -0.4 is 5.32 Å². The van der Waals surface area contributed by atoms with Crippen molar-refractivity contribution in [1.82, 2.24) is 0 Å². The summed E-state index contributed by atoms with van der Waals surface area (Å²) in [5.41, 5.74) is 2.35. The Balaban J connectivity index is 1.90. The molecule has 1 N–H and O–H groups in total. The highest BCUT2D eigenvalue weighted by Crippen LogP contribution is 2.40. The third-order valence-electron chi connectivity index (χ3n) is 3.37. The number of thiophene rings is 1. The van der Waals surface area contributed by atoms with Gasteiger partial charge in [0.25, 0.3) is 0 Å². The molecule has 0 saturated heterocycles. The summed E-state index contributed by atoms with van der Waals surface area (Å²) < 4.78 is 1.36. The predicted molar refractivity (Wildman–Crippen MR) is 92.8 cm³/mol. The first-order valence-electron chi connectivity index (χ1n) is 6.14. The van der Waals surface area contributed by atoms with Gasteiger partial charge >= 0.3 is 0 Å². The molecule has 0 aliphatic heterocycles. The zero-order chi connectivity index (χ0) is 13.4.